The molecule has 2 fully saturated rings. The first kappa shape index (κ1) is 25.3. The number of allylic oxidation sites excluding steroid dienone is 1. The summed E-state index contributed by atoms with van der Waals surface area (Å²) in [6.07, 6.45) is 0.291. The zero-order valence-corrected chi connectivity index (χ0v) is 20.0. The van der Waals surface area contributed by atoms with Gasteiger partial charge in [-0.15, -0.1) is 0 Å². The Kier molecular flexibility index (Phi) is 7.82. The fourth-order valence-corrected chi connectivity index (χ4v) is 4.82. The monoisotopic (exact) mass is 504 g/mol. The second-order valence-electron chi connectivity index (χ2n) is 8.95. The maximum atomic E-state index is 13.2. The van der Waals surface area contributed by atoms with Crippen LogP contribution in [-0.4, -0.2) is 59.8 Å². The second-order valence-corrected chi connectivity index (χ2v) is 9.36. The Morgan fingerprint density at radius 2 is 1.69 bits per heavy atom. The molecule has 0 aliphatic carbocycles. The third-order valence-electron chi connectivity index (χ3n) is 6.49. The van der Waals surface area contributed by atoms with Gasteiger partial charge in [-0.3, -0.25) is 10.2 Å². The zero-order valence-electron chi connectivity index (χ0n) is 19.2. The Hall–Kier alpha value is -2.84. The molecule has 2 N–H and O–H groups in total. The number of hydrogen-bond donors (Lipinski definition) is 2. The van der Waals surface area contributed by atoms with Crippen molar-refractivity contribution in [3.63, 3.8) is 0 Å². The van der Waals surface area contributed by atoms with Gasteiger partial charge in [-0.2, -0.15) is 13.2 Å². The van der Waals surface area contributed by atoms with Gasteiger partial charge in [0.1, 0.15) is 5.71 Å². The van der Waals surface area contributed by atoms with Gasteiger partial charge in [-0.1, -0.05) is 35.9 Å². The van der Waals surface area contributed by atoms with Crippen molar-refractivity contribution in [2.75, 3.05) is 31.5 Å². The lowest BCUT2D eigenvalue weighted by Gasteiger charge is -2.28. The Labute approximate surface area is 208 Å². The molecule has 5 nitrogen and oxygen atoms in total. The van der Waals surface area contributed by atoms with Crippen LogP contribution < -0.4 is 5.32 Å². The van der Waals surface area contributed by atoms with Crippen molar-refractivity contribution in [3.8, 4) is 0 Å². The molecule has 4 rings (SSSR count). The highest BCUT2D eigenvalue weighted by Gasteiger charge is 2.33. The van der Waals surface area contributed by atoms with E-state index < -0.39 is 11.9 Å². The second kappa shape index (κ2) is 10.8. The fraction of sp³-hybridized carbons (Fsp3) is 0.385. The predicted octanol–water partition coefficient (Wildman–Crippen LogP) is 6.08. The van der Waals surface area contributed by atoms with Crippen molar-refractivity contribution in [2.45, 2.75) is 37.9 Å². The van der Waals surface area contributed by atoms with Crippen LogP contribution in [0.5, 0.6) is 0 Å². The van der Waals surface area contributed by atoms with E-state index in [0.717, 1.165) is 38.6 Å². The van der Waals surface area contributed by atoms with Crippen LogP contribution in [0.2, 0.25) is 5.02 Å². The molecule has 0 spiro atoms. The number of anilines is 1. The molecule has 2 aromatic rings. The standard InChI is InChI=1S/C26H28ClF3N4O/c27-21-7-1-2-8-22(21)32-23(16-24(31)26(28,29)30)18-9-11-19(12-10-18)25(35)34-15-5-6-20(34)17-33-13-3-4-14-33/h1-2,7-12,16,20,31-32H,3-6,13-15,17H2/b23-16-,31-24?. The third kappa shape index (κ3) is 6.24. The van der Waals surface area contributed by atoms with Crippen LogP contribution in [0.1, 0.15) is 41.6 Å². The van der Waals surface area contributed by atoms with Crippen LogP contribution in [0, 0.1) is 5.41 Å². The number of hydrogen-bond acceptors (Lipinski definition) is 4. The van der Waals surface area contributed by atoms with Crippen molar-refractivity contribution in [1.82, 2.24) is 9.80 Å². The Bertz CT molecular complexity index is 1090. The van der Waals surface area contributed by atoms with Gasteiger partial charge in [-0.05, 0) is 74.7 Å². The molecule has 9 heteroatoms. The van der Waals surface area contributed by atoms with Crippen molar-refractivity contribution < 1.29 is 18.0 Å². The summed E-state index contributed by atoms with van der Waals surface area (Å²) >= 11 is 6.18. The highest BCUT2D eigenvalue weighted by Crippen LogP contribution is 2.28. The Balaban J connectivity index is 1.54. The summed E-state index contributed by atoms with van der Waals surface area (Å²) in [6, 6.07) is 13.3. The average Bonchev–Trinajstić information content (AvgIpc) is 3.51. The van der Waals surface area contributed by atoms with Crippen LogP contribution in [0.25, 0.3) is 5.70 Å². The largest absolute Gasteiger partial charge is 0.432 e. The van der Waals surface area contributed by atoms with E-state index in [1.807, 2.05) is 4.90 Å². The topological polar surface area (TPSA) is 59.4 Å². The first-order valence-electron chi connectivity index (χ1n) is 11.7. The quantitative estimate of drug-likeness (QED) is 0.449. The highest BCUT2D eigenvalue weighted by molar-refractivity contribution is 6.33. The van der Waals surface area contributed by atoms with Gasteiger partial charge in [0.05, 0.1) is 10.7 Å². The molecule has 1 unspecified atom stereocenters. The molecule has 186 valence electrons. The summed E-state index contributed by atoms with van der Waals surface area (Å²) in [4.78, 5) is 17.6. The fourth-order valence-electron chi connectivity index (χ4n) is 4.64. The van der Waals surface area contributed by atoms with Crippen LogP contribution in [0.3, 0.4) is 0 Å². The number of carbonyl (C=O) groups is 1. The minimum atomic E-state index is -4.79. The van der Waals surface area contributed by atoms with Gasteiger partial charge >= 0.3 is 6.18 Å². The molecule has 1 amide bonds. The zero-order chi connectivity index (χ0) is 25.0. The molecule has 0 aromatic heterocycles. The normalized spacial score (nSPS) is 19.3. The number of nitrogens with zero attached hydrogens (tertiary/aromatic N) is 2. The highest BCUT2D eigenvalue weighted by atomic mass is 35.5. The van der Waals surface area contributed by atoms with Crippen LogP contribution in [0.4, 0.5) is 18.9 Å². The van der Waals surface area contributed by atoms with E-state index in [1.165, 1.54) is 12.8 Å². The Morgan fingerprint density at radius 3 is 2.34 bits per heavy atom. The summed E-state index contributed by atoms with van der Waals surface area (Å²) < 4.78 is 39.3. The van der Waals surface area contributed by atoms with E-state index in [2.05, 4.69) is 10.2 Å². The van der Waals surface area contributed by atoms with Crippen LogP contribution >= 0.6 is 11.6 Å². The average molecular weight is 505 g/mol. The van der Waals surface area contributed by atoms with Crippen LogP contribution in [0.15, 0.2) is 54.6 Å². The molecule has 35 heavy (non-hydrogen) atoms. The lowest BCUT2D eigenvalue weighted by molar-refractivity contribution is -0.0583. The minimum Gasteiger partial charge on any atom is -0.354 e. The molecule has 1 atom stereocenters. The smallest absolute Gasteiger partial charge is 0.354 e. The lowest BCUT2D eigenvalue weighted by atomic mass is 10.1. The van der Waals surface area contributed by atoms with E-state index in [9.17, 15) is 18.0 Å². The SMILES string of the molecule is N=C(/C=C(\Nc1ccccc1Cl)c1ccc(C(=O)N2CCCC2CN2CCCC2)cc1)C(F)(F)F. The number of rotatable bonds is 7. The molecule has 2 aromatic carbocycles. The number of amides is 1. The molecule has 2 saturated heterocycles. The van der Waals surface area contributed by atoms with Crippen molar-refractivity contribution >= 4 is 34.6 Å². The van der Waals surface area contributed by atoms with Gasteiger partial charge < -0.3 is 15.1 Å². The summed E-state index contributed by atoms with van der Waals surface area (Å²) in [6.45, 7) is 3.75. The lowest BCUT2D eigenvalue weighted by Crippen LogP contribution is -2.42. The minimum absolute atomic E-state index is 0.0625. The number of halogens is 4. The molecule has 2 heterocycles. The van der Waals surface area contributed by atoms with Crippen molar-refractivity contribution in [1.29, 1.82) is 5.41 Å². The van der Waals surface area contributed by atoms with E-state index in [0.29, 0.717) is 28.4 Å². The first-order chi connectivity index (χ1) is 16.7. The predicted molar refractivity (Wildman–Crippen MR) is 133 cm³/mol. The van der Waals surface area contributed by atoms with Crippen LogP contribution in [-0.2, 0) is 0 Å². The molecule has 2 aliphatic rings. The summed E-state index contributed by atoms with van der Waals surface area (Å²) in [5.74, 6) is -0.0640. The van der Waals surface area contributed by atoms with Gasteiger partial charge in [0.25, 0.3) is 5.91 Å². The molecular formula is C26H28ClF3N4O. The van der Waals surface area contributed by atoms with E-state index in [4.69, 9.17) is 17.0 Å². The number of para-hydroxylation sites is 1. The maximum Gasteiger partial charge on any atom is 0.432 e. The van der Waals surface area contributed by atoms with Gasteiger partial charge in [-0.25, -0.2) is 0 Å². The number of likely N-dealkylation sites (tertiary alicyclic amines) is 2. The maximum absolute atomic E-state index is 13.2. The third-order valence-corrected chi connectivity index (χ3v) is 6.82. The Morgan fingerprint density at radius 1 is 1.03 bits per heavy atom. The van der Waals surface area contributed by atoms with Gasteiger partial charge in [0.2, 0.25) is 0 Å². The molecular weight excluding hydrogens is 477 g/mol. The van der Waals surface area contributed by atoms with Gasteiger partial charge in [0.15, 0.2) is 0 Å². The molecule has 0 bridgehead atoms. The van der Waals surface area contributed by atoms with Gasteiger partial charge in [0, 0.05) is 30.4 Å². The molecule has 0 saturated carbocycles. The van der Waals surface area contributed by atoms with E-state index in [-0.39, 0.29) is 17.6 Å². The summed E-state index contributed by atoms with van der Waals surface area (Å²) in [5, 5.41) is 10.7. The number of benzene rings is 2. The molecule has 2 aliphatic heterocycles. The summed E-state index contributed by atoms with van der Waals surface area (Å²) in [5.41, 5.74) is -0.116. The number of nitrogens with one attached hydrogen (secondary N) is 2. The van der Waals surface area contributed by atoms with Crippen molar-refractivity contribution in [3.05, 3.63) is 70.8 Å². The first-order valence-corrected chi connectivity index (χ1v) is 12.1. The van der Waals surface area contributed by atoms with E-state index >= 15 is 0 Å². The molecule has 0 radical (unpaired) electrons. The summed E-state index contributed by atoms with van der Waals surface area (Å²) in [7, 11) is 0. The van der Waals surface area contributed by atoms with Crippen molar-refractivity contribution in [2.24, 2.45) is 0 Å². The van der Waals surface area contributed by atoms with E-state index in [1.54, 1.807) is 48.5 Å². The number of alkyl halides is 3. The number of carbonyl (C=O) groups excluding carboxylic acids is 1.